The van der Waals surface area contributed by atoms with Crippen molar-refractivity contribution in [1.82, 2.24) is 30.1 Å². The molecule has 1 aromatic carbocycles. The molecule has 1 atom stereocenters. The molecule has 1 amide bonds. The third-order valence-corrected chi connectivity index (χ3v) is 7.16. The van der Waals surface area contributed by atoms with Crippen LogP contribution in [-0.4, -0.2) is 84.0 Å². The molecule has 246 valence electrons. The van der Waals surface area contributed by atoms with Gasteiger partial charge < -0.3 is 25.2 Å². The average Bonchev–Trinajstić information content (AvgIpc) is 3.01. The zero-order chi connectivity index (χ0) is 33.6. The summed E-state index contributed by atoms with van der Waals surface area (Å²) in [6.45, 7) is 1.09. The van der Waals surface area contributed by atoms with E-state index in [4.69, 9.17) is 4.74 Å². The first kappa shape index (κ1) is 34.2. The van der Waals surface area contributed by atoms with Gasteiger partial charge in [-0.15, -0.1) is 0 Å². The van der Waals surface area contributed by atoms with E-state index in [1.165, 1.54) is 18.5 Å². The van der Waals surface area contributed by atoms with Crippen LogP contribution in [0.4, 0.5) is 32.3 Å². The van der Waals surface area contributed by atoms with Crippen LogP contribution in [0.2, 0.25) is 0 Å². The number of alkyl halides is 5. The topological polar surface area (TPSA) is 95.5 Å². The van der Waals surface area contributed by atoms with Gasteiger partial charge in [-0.1, -0.05) is 6.08 Å². The van der Waals surface area contributed by atoms with E-state index < -0.39 is 41.7 Å². The third-order valence-electron chi connectivity index (χ3n) is 7.16. The van der Waals surface area contributed by atoms with Crippen molar-refractivity contribution in [2.75, 3.05) is 46.6 Å². The number of aromatic nitrogens is 3. The quantitative estimate of drug-likeness (QED) is 0.227. The highest BCUT2D eigenvalue weighted by Crippen LogP contribution is 2.45. The molecular formula is C31H33F6N7O2. The first-order valence-electron chi connectivity index (χ1n) is 14.2. The Hall–Kier alpha value is -4.66. The molecule has 0 bridgehead atoms. The highest BCUT2D eigenvalue weighted by molar-refractivity contribution is 5.96. The summed E-state index contributed by atoms with van der Waals surface area (Å²) >= 11 is 0. The number of carbonyl (C=O) groups excluding carboxylic acids is 1. The monoisotopic (exact) mass is 649 g/mol. The van der Waals surface area contributed by atoms with Gasteiger partial charge in [-0.3, -0.25) is 4.79 Å². The lowest BCUT2D eigenvalue weighted by atomic mass is 9.89. The van der Waals surface area contributed by atoms with Crippen molar-refractivity contribution >= 4 is 11.9 Å². The summed E-state index contributed by atoms with van der Waals surface area (Å²) in [5.74, 6) is -8.93. The maximum Gasteiger partial charge on any atom is 0.453 e. The number of carbonyl (C=O) groups is 1. The molecule has 0 fully saturated rings. The molecule has 0 aliphatic heterocycles. The Kier molecular flexibility index (Phi) is 10.6. The molecule has 46 heavy (non-hydrogen) atoms. The van der Waals surface area contributed by atoms with Gasteiger partial charge in [-0.2, -0.15) is 22.0 Å². The molecule has 2 heterocycles. The van der Waals surface area contributed by atoms with Crippen molar-refractivity contribution in [3.05, 3.63) is 83.7 Å². The molecular weight excluding hydrogens is 616 g/mol. The molecule has 15 heteroatoms. The van der Waals surface area contributed by atoms with Crippen LogP contribution in [0.25, 0.3) is 11.3 Å². The Balaban J connectivity index is 1.63. The van der Waals surface area contributed by atoms with E-state index in [2.05, 4.69) is 25.6 Å². The summed E-state index contributed by atoms with van der Waals surface area (Å²) in [6, 6.07) is 8.30. The van der Waals surface area contributed by atoms with E-state index in [1.54, 1.807) is 37.2 Å². The second kappa shape index (κ2) is 14.2. The number of hydrogen-bond acceptors (Lipinski definition) is 8. The molecule has 1 unspecified atom stereocenters. The number of benzene rings is 1. The number of amides is 1. The predicted molar refractivity (Wildman–Crippen MR) is 160 cm³/mol. The van der Waals surface area contributed by atoms with Crippen LogP contribution >= 0.6 is 0 Å². The van der Waals surface area contributed by atoms with E-state index in [0.29, 0.717) is 36.7 Å². The van der Waals surface area contributed by atoms with E-state index in [-0.39, 0.29) is 23.0 Å². The van der Waals surface area contributed by atoms with E-state index in [1.807, 2.05) is 19.0 Å². The van der Waals surface area contributed by atoms with Crippen LogP contribution in [0.15, 0.2) is 72.3 Å². The van der Waals surface area contributed by atoms with Crippen molar-refractivity contribution in [3.63, 3.8) is 0 Å². The predicted octanol–water partition coefficient (Wildman–Crippen LogP) is 6.11. The number of anilines is 1. The first-order valence-corrected chi connectivity index (χ1v) is 14.2. The highest BCUT2D eigenvalue weighted by Gasteiger charge is 2.61. The average molecular weight is 650 g/mol. The Morgan fingerprint density at radius 1 is 1.04 bits per heavy atom. The van der Waals surface area contributed by atoms with Crippen LogP contribution in [0.1, 0.15) is 23.2 Å². The molecule has 0 saturated carbocycles. The first-order chi connectivity index (χ1) is 21.7. The number of nitrogens with one attached hydrogen (secondary N) is 2. The highest BCUT2D eigenvalue weighted by atomic mass is 19.4. The van der Waals surface area contributed by atoms with Gasteiger partial charge in [-0.05, 0) is 69.5 Å². The zero-order valence-electron chi connectivity index (χ0n) is 25.5. The van der Waals surface area contributed by atoms with Gasteiger partial charge in [-0.25, -0.2) is 19.3 Å². The zero-order valence-corrected chi connectivity index (χ0v) is 25.5. The molecule has 2 N–H and O–H groups in total. The third kappa shape index (κ3) is 7.94. The van der Waals surface area contributed by atoms with E-state index in [0.717, 1.165) is 24.3 Å². The van der Waals surface area contributed by atoms with Crippen LogP contribution in [0.3, 0.4) is 0 Å². The SMILES string of the molecule is CNc1nccc(-c2cccnc2Oc2ccc(F)c(C(=O)NC3=C(N(C)CCCN(C)C)C=CC(C(F)(F)C(F)(F)F)C3)c2)n1. The number of rotatable bonds is 12. The fourth-order valence-corrected chi connectivity index (χ4v) is 4.73. The van der Waals surface area contributed by atoms with E-state index >= 15 is 0 Å². The summed E-state index contributed by atoms with van der Waals surface area (Å²) < 4.78 is 89.3. The second-order valence-corrected chi connectivity index (χ2v) is 10.8. The summed E-state index contributed by atoms with van der Waals surface area (Å²) in [5, 5.41) is 5.23. The molecule has 0 radical (unpaired) electrons. The van der Waals surface area contributed by atoms with Gasteiger partial charge >= 0.3 is 12.1 Å². The lowest BCUT2D eigenvalue weighted by Gasteiger charge is -2.33. The number of ether oxygens (including phenoxy) is 1. The minimum absolute atomic E-state index is 0.00873. The van der Waals surface area contributed by atoms with Gasteiger partial charge in [0, 0.05) is 45.2 Å². The van der Waals surface area contributed by atoms with Crippen LogP contribution in [0.5, 0.6) is 11.6 Å². The number of pyridine rings is 1. The lowest BCUT2D eigenvalue weighted by molar-refractivity contribution is -0.296. The summed E-state index contributed by atoms with van der Waals surface area (Å²) in [5.41, 5.74) is 0.445. The Labute approximate surface area is 262 Å². The molecule has 1 aliphatic carbocycles. The van der Waals surface area contributed by atoms with Gasteiger partial charge in [0.05, 0.1) is 28.4 Å². The largest absolute Gasteiger partial charge is 0.453 e. The van der Waals surface area contributed by atoms with Crippen molar-refractivity contribution in [2.45, 2.75) is 24.9 Å². The minimum atomic E-state index is -5.81. The lowest BCUT2D eigenvalue weighted by Crippen LogP contribution is -2.45. The minimum Gasteiger partial charge on any atom is -0.438 e. The maximum absolute atomic E-state index is 15.0. The number of hydrogen-bond donors (Lipinski definition) is 2. The number of nitrogens with zero attached hydrogens (tertiary/aromatic N) is 5. The maximum atomic E-state index is 15.0. The van der Waals surface area contributed by atoms with Crippen LogP contribution in [0, 0.1) is 11.7 Å². The Morgan fingerprint density at radius 3 is 2.50 bits per heavy atom. The van der Waals surface area contributed by atoms with Gasteiger partial charge in [0.25, 0.3) is 5.91 Å². The Bertz CT molecular complexity index is 1610. The fraction of sp³-hybridized carbons (Fsp3) is 0.355. The number of likely N-dealkylation sites (N-methyl/N-ethyl adjacent to an activating group) is 1. The smallest absolute Gasteiger partial charge is 0.438 e. The summed E-state index contributed by atoms with van der Waals surface area (Å²) in [7, 11) is 7.01. The fourth-order valence-electron chi connectivity index (χ4n) is 4.73. The molecule has 4 rings (SSSR count). The molecule has 1 aliphatic rings. The molecule has 3 aromatic rings. The number of allylic oxidation sites excluding steroid dienone is 3. The van der Waals surface area contributed by atoms with Crippen molar-refractivity contribution in [2.24, 2.45) is 5.92 Å². The number of halogens is 6. The molecule has 2 aromatic heterocycles. The standard InChI is InChI=1S/C31H33F6N7O2/c1-38-29-40-14-12-24(42-29)21-7-5-13-39-28(21)46-20-9-10-23(32)22(18-20)27(45)41-25-17-19(30(33,34)31(35,36)37)8-11-26(25)44(4)16-6-15-43(2)3/h5,7-14,18-19H,6,15-17H2,1-4H3,(H,41,45)(H,38,40,42). The second-order valence-electron chi connectivity index (χ2n) is 10.8. The van der Waals surface area contributed by atoms with Crippen LogP contribution in [-0.2, 0) is 0 Å². The van der Waals surface area contributed by atoms with E-state index in [9.17, 15) is 31.1 Å². The van der Waals surface area contributed by atoms with Crippen molar-refractivity contribution in [3.8, 4) is 22.9 Å². The van der Waals surface area contributed by atoms with Crippen molar-refractivity contribution < 1.29 is 35.9 Å². The van der Waals surface area contributed by atoms with Crippen molar-refractivity contribution in [1.29, 1.82) is 0 Å². The molecule has 0 spiro atoms. The summed E-state index contributed by atoms with van der Waals surface area (Å²) in [4.78, 5) is 29.6. The van der Waals surface area contributed by atoms with Crippen LogP contribution < -0.4 is 15.4 Å². The molecule has 0 saturated heterocycles. The summed E-state index contributed by atoms with van der Waals surface area (Å²) in [6.07, 6.45) is -1.10. The Morgan fingerprint density at radius 2 is 1.80 bits per heavy atom. The van der Waals surface area contributed by atoms with Gasteiger partial charge in [0.1, 0.15) is 11.6 Å². The normalized spacial score (nSPS) is 15.2. The van der Waals surface area contributed by atoms with Gasteiger partial charge in [0.15, 0.2) is 0 Å². The molecule has 9 nitrogen and oxygen atoms in total. The van der Waals surface area contributed by atoms with Gasteiger partial charge in [0.2, 0.25) is 11.8 Å².